The number of carbonyl (C=O) groups is 1. The van der Waals surface area contributed by atoms with E-state index < -0.39 is 0 Å². The molecule has 0 spiro atoms. The Morgan fingerprint density at radius 3 is 2.65 bits per heavy atom. The van der Waals surface area contributed by atoms with Crippen molar-refractivity contribution in [1.82, 2.24) is 0 Å². The standard InChI is InChI=1S/C16H14N2O2/c19-10-11-5-7-12(8-6-11)17-9-14-13-3-1-2-4-15(13)18-16(14)20/h1-9,14,19H,10H2,(H,18,20). The van der Waals surface area contributed by atoms with Gasteiger partial charge in [0.15, 0.2) is 0 Å². The molecule has 4 heteroatoms. The van der Waals surface area contributed by atoms with E-state index in [1.165, 1.54) is 0 Å². The van der Waals surface area contributed by atoms with Gasteiger partial charge in [0.2, 0.25) is 5.91 Å². The van der Waals surface area contributed by atoms with Gasteiger partial charge < -0.3 is 10.4 Å². The van der Waals surface area contributed by atoms with Gasteiger partial charge in [0, 0.05) is 11.9 Å². The number of hydrogen-bond donors (Lipinski definition) is 2. The summed E-state index contributed by atoms with van der Waals surface area (Å²) in [4.78, 5) is 16.3. The minimum absolute atomic E-state index is 0.0163. The number of amides is 1. The minimum atomic E-state index is -0.344. The zero-order chi connectivity index (χ0) is 13.9. The molecular weight excluding hydrogens is 252 g/mol. The second-order valence-electron chi connectivity index (χ2n) is 4.66. The van der Waals surface area contributed by atoms with Crippen LogP contribution in [0, 0.1) is 0 Å². The van der Waals surface area contributed by atoms with Gasteiger partial charge in [-0.1, -0.05) is 30.3 Å². The summed E-state index contributed by atoms with van der Waals surface area (Å²) in [5.41, 5.74) is 3.41. The number of fused-ring (bicyclic) bond motifs is 1. The molecule has 2 N–H and O–H groups in total. The third kappa shape index (κ3) is 2.33. The van der Waals surface area contributed by atoms with Crippen molar-refractivity contribution in [1.29, 1.82) is 0 Å². The fraction of sp³-hybridized carbons (Fsp3) is 0.125. The Bertz CT molecular complexity index is 662. The molecular formula is C16H14N2O2. The van der Waals surface area contributed by atoms with Crippen molar-refractivity contribution in [2.45, 2.75) is 12.5 Å². The minimum Gasteiger partial charge on any atom is -0.392 e. The van der Waals surface area contributed by atoms with Gasteiger partial charge in [0.25, 0.3) is 0 Å². The van der Waals surface area contributed by atoms with Gasteiger partial charge >= 0.3 is 0 Å². The highest BCUT2D eigenvalue weighted by atomic mass is 16.3. The van der Waals surface area contributed by atoms with E-state index >= 15 is 0 Å². The maximum atomic E-state index is 11.9. The predicted octanol–water partition coefficient (Wildman–Crippen LogP) is 2.62. The number of nitrogens with zero attached hydrogens (tertiary/aromatic N) is 1. The first-order valence-electron chi connectivity index (χ1n) is 6.42. The summed E-state index contributed by atoms with van der Waals surface area (Å²) >= 11 is 0. The van der Waals surface area contributed by atoms with Gasteiger partial charge in [-0.3, -0.25) is 9.79 Å². The van der Waals surface area contributed by atoms with Gasteiger partial charge in [0.1, 0.15) is 5.92 Å². The number of aliphatic hydroxyl groups excluding tert-OH is 1. The first-order valence-corrected chi connectivity index (χ1v) is 6.42. The van der Waals surface area contributed by atoms with E-state index in [0.717, 1.165) is 22.5 Å². The van der Waals surface area contributed by atoms with Crippen molar-refractivity contribution < 1.29 is 9.90 Å². The van der Waals surface area contributed by atoms with Gasteiger partial charge in [-0.25, -0.2) is 0 Å². The normalized spacial score (nSPS) is 17.2. The fourth-order valence-corrected chi connectivity index (χ4v) is 2.23. The summed E-state index contributed by atoms with van der Waals surface area (Å²) in [5, 5.41) is 11.8. The van der Waals surface area contributed by atoms with E-state index in [0.29, 0.717) is 0 Å². The topological polar surface area (TPSA) is 61.7 Å². The van der Waals surface area contributed by atoms with Crippen LogP contribution in [-0.2, 0) is 11.4 Å². The van der Waals surface area contributed by atoms with Crippen LogP contribution in [0.25, 0.3) is 0 Å². The summed E-state index contributed by atoms with van der Waals surface area (Å²) in [6, 6.07) is 14.9. The number of benzene rings is 2. The Kier molecular flexibility index (Phi) is 3.31. The number of para-hydroxylation sites is 1. The number of anilines is 1. The molecule has 0 aromatic heterocycles. The Balaban J connectivity index is 1.83. The van der Waals surface area contributed by atoms with Gasteiger partial charge in [-0.15, -0.1) is 0 Å². The van der Waals surface area contributed by atoms with Crippen LogP contribution < -0.4 is 5.32 Å². The Hall–Kier alpha value is -2.46. The monoisotopic (exact) mass is 266 g/mol. The SMILES string of the molecule is O=C1Nc2ccccc2C1C=Nc1ccc(CO)cc1. The van der Waals surface area contributed by atoms with Crippen molar-refractivity contribution in [3.8, 4) is 0 Å². The Morgan fingerprint density at radius 1 is 1.15 bits per heavy atom. The second kappa shape index (κ2) is 5.27. The number of hydrogen-bond acceptors (Lipinski definition) is 3. The molecule has 1 aliphatic rings. The molecule has 4 nitrogen and oxygen atoms in total. The average Bonchev–Trinajstić information content (AvgIpc) is 2.81. The van der Waals surface area contributed by atoms with Crippen LogP contribution in [0.3, 0.4) is 0 Å². The van der Waals surface area contributed by atoms with Gasteiger partial charge in [0.05, 0.1) is 12.3 Å². The van der Waals surface area contributed by atoms with Crippen LogP contribution in [0.4, 0.5) is 11.4 Å². The summed E-state index contributed by atoms with van der Waals surface area (Å²) in [6.07, 6.45) is 1.66. The molecule has 2 aromatic rings. The fourth-order valence-electron chi connectivity index (χ4n) is 2.23. The van der Waals surface area contributed by atoms with Crippen LogP contribution in [0.5, 0.6) is 0 Å². The molecule has 1 heterocycles. The first kappa shape index (κ1) is 12.6. The van der Waals surface area contributed by atoms with Crippen LogP contribution in [-0.4, -0.2) is 17.2 Å². The zero-order valence-electron chi connectivity index (χ0n) is 10.8. The van der Waals surface area contributed by atoms with Crippen LogP contribution in [0.1, 0.15) is 17.0 Å². The molecule has 1 unspecified atom stereocenters. The van der Waals surface area contributed by atoms with E-state index in [4.69, 9.17) is 5.11 Å². The number of aliphatic hydroxyl groups is 1. The van der Waals surface area contributed by atoms with Gasteiger partial charge in [-0.2, -0.15) is 0 Å². The lowest BCUT2D eigenvalue weighted by molar-refractivity contribution is -0.115. The third-order valence-electron chi connectivity index (χ3n) is 3.33. The molecule has 0 saturated carbocycles. The van der Waals surface area contributed by atoms with Crippen molar-refractivity contribution in [3.05, 3.63) is 59.7 Å². The number of aliphatic imine (C=N–C) groups is 1. The third-order valence-corrected chi connectivity index (χ3v) is 3.33. The lowest BCUT2D eigenvalue weighted by atomic mass is 10.0. The highest BCUT2D eigenvalue weighted by Gasteiger charge is 2.28. The first-order chi connectivity index (χ1) is 9.78. The second-order valence-corrected chi connectivity index (χ2v) is 4.66. The van der Waals surface area contributed by atoms with E-state index in [9.17, 15) is 4.79 Å². The van der Waals surface area contributed by atoms with Crippen molar-refractivity contribution in [2.24, 2.45) is 4.99 Å². The summed E-state index contributed by atoms with van der Waals surface area (Å²) in [6.45, 7) is 0.0163. The molecule has 0 radical (unpaired) electrons. The number of carbonyl (C=O) groups excluding carboxylic acids is 1. The van der Waals surface area contributed by atoms with E-state index in [1.54, 1.807) is 6.21 Å². The van der Waals surface area contributed by atoms with Crippen LogP contribution >= 0.6 is 0 Å². The number of nitrogens with one attached hydrogen (secondary N) is 1. The lowest BCUT2D eigenvalue weighted by Gasteiger charge is -2.02. The van der Waals surface area contributed by atoms with Gasteiger partial charge in [-0.05, 0) is 29.3 Å². The molecule has 0 saturated heterocycles. The zero-order valence-corrected chi connectivity index (χ0v) is 10.8. The van der Waals surface area contributed by atoms with Crippen LogP contribution in [0.2, 0.25) is 0 Å². The summed E-state index contributed by atoms with van der Waals surface area (Å²) in [5.74, 6) is -0.398. The smallest absolute Gasteiger partial charge is 0.237 e. The maximum Gasteiger partial charge on any atom is 0.237 e. The highest BCUT2D eigenvalue weighted by Crippen LogP contribution is 2.31. The number of rotatable bonds is 3. The quantitative estimate of drug-likeness (QED) is 0.839. The Labute approximate surface area is 116 Å². The lowest BCUT2D eigenvalue weighted by Crippen LogP contribution is -2.12. The highest BCUT2D eigenvalue weighted by molar-refractivity contribution is 6.12. The molecule has 0 bridgehead atoms. The Morgan fingerprint density at radius 2 is 1.90 bits per heavy atom. The molecule has 20 heavy (non-hydrogen) atoms. The molecule has 0 aliphatic carbocycles. The predicted molar refractivity (Wildman–Crippen MR) is 78.3 cm³/mol. The van der Waals surface area contributed by atoms with E-state index in [2.05, 4.69) is 10.3 Å². The molecule has 2 aromatic carbocycles. The summed E-state index contributed by atoms with van der Waals surface area (Å²) < 4.78 is 0. The average molecular weight is 266 g/mol. The van der Waals surface area contributed by atoms with E-state index in [1.807, 2.05) is 48.5 Å². The molecule has 1 amide bonds. The summed E-state index contributed by atoms with van der Waals surface area (Å²) in [7, 11) is 0. The molecule has 3 rings (SSSR count). The van der Waals surface area contributed by atoms with Crippen molar-refractivity contribution in [2.75, 3.05) is 5.32 Å². The molecule has 1 atom stereocenters. The molecule has 100 valence electrons. The largest absolute Gasteiger partial charge is 0.392 e. The van der Waals surface area contributed by atoms with Crippen LogP contribution in [0.15, 0.2) is 53.5 Å². The van der Waals surface area contributed by atoms with Crippen molar-refractivity contribution >= 4 is 23.5 Å². The maximum absolute atomic E-state index is 11.9. The molecule has 1 aliphatic heterocycles. The molecule has 0 fully saturated rings. The van der Waals surface area contributed by atoms with Crippen molar-refractivity contribution in [3.63, 3.8) is 0 Å². The van der Waals surface area contributed by atoms with E-state index in [-0.39, 0.29) is 18.4 Å².